The van der Waals surface area contributed by atoms with E-state index in [1.165, 1.54) is 23.1 Å². The summed E-state index contributed by atoms with van der Waals surface area (Å²) in [6.45, 7) is 3.62. The number of nitrogens with zero attached hydrogens (tertiary/aromatic N) is 2. The highest BCUT2D eigenvalue weighted by Gasteiger charge is 2.43. The van der Waals surface area contributed by atoms with Gasteiger partial charge in [0.2, 0.25) is 5.91 Å². The maximum absolute atomic E-state index is 14.0. The van der Waals surface area contributed by atoms with Crippen LogP contribution in [0.3, 0.4) is 0 Å². The molecule has 2 aliphatic rings. The third-order valence-corrected chi connectivity index (χ3v) is 7.21. The van der Waals surface area contributed by atoms with Crippen molar-refractivity contribution in [1.29, 1.82) is 0 Å². The van der Waals surface area contributed by atoms with Gasteiger partial charge in [0.05, 0.1) is 18.6 Å². The number of amides is 1. The van der Waals surface area contributed by atoms with Gasteiger partial charge in [0.15, 0.2) is 0 Å². The van der Waals surface area contributed by atoms with E-state index in [-0.39, 0.29) is 17.6 Å². The Hall–Kier alpha value is -2.83. The summed E-state index contributed by atoms with van der Waals surface area (Å²) in [6.07, 6.45) is 6.52. The Kier molecular flexibility index (Phi) is 6.88. The van der Waals surface area contributed by atoms with E-state index in [2.05, 4.69) is 23.2 Å². The lowest BCUT2D eigenvalue weighted by Gasteiger charge is -2.40. The van der Waals surface area contributed by atoms with Crippen LogP contribution in [0.1, 0.15) is 24.0 Å². The van der Waals surface area contributed by atoms with Crippen molar-refractivity contribution in [2.24, 2.45) is 11.3 Å². The van der Waals surface area contributed by atoms with Crippen molar-refractivity contribution in [3.05, 3.63) is 77.9 Å². The average molecular weight is 463 g/mol. The molecule has 0 N–H and O–H groups in total. The first-order valence-electron chi connectivity index (χ1n) is 12.1. The Morgan fingerprint density at radius 1 is 1.00 bits per heavy atom. The third-order valence-electron chi connectivity index (χ3n) is 7.21. The highest BCUT2D eigenvalue weighted by Crippen LogP contribution is 2.37. The first-order chi connectivity index (χ1) is 16.6. The van der Waals surface area contributed by atoms with Gasteiger partial charge in [-0.25, -0.2) is 4.39 Å². The molecule has 0 saturated carbocycles. The molecule has 2 fully saturated rings. The van der Waals surface area contributed by atoms with Crippen LogP contribution < -0.4 is 0 Å². The zero-order chi connectivity index (χ0) is 23.4. The van der Waals surface area contributed by atoms with Gasteiger partial charge in [0.25, 0.3) is 0 Å². The van der Waals surface area contributed by atoms with Crippen LogP contribution in [-0.2, 0) is 27.1 Å². The van der Waals surface area contributed by atoms with Crippen LogP contribution in [0.15, 0.2) is 60.9 Å². The smallest absolute Gasteiger partial charge is 0.229 e. The number of aromatic nitrogens is 1. The fourth-order valence-corrected chi connectivity index (χ4v) is 5.34. The van der Waals surface area contributed by atoms with Crippen molar-refractivity contribution >= 4 is 16.7 Å². The molecule has 2 aromatic carbocycles. The van der Waals surface area contributed by atoms with Crippen LogP contribution in [0, 0.1) is 17.2 Å². The number of ether oxygens (including phenoxy) is 2. The lowest BCUT2D eigenvalue weighted by atomic mass is 9.74. The number of pyridine rings is 1. The molecule has 0 aliphatic carbocycles. The molecule has 2 saturated heterocycles. The number of rotatable bonds is 5. The predicted octanol–water partition coefficient (Wildman–Crippen LogP) is 4.43. The van der Waals surface area contributed by atoms with Crippen LogP contribution in [0.25, 0.3) is 10.8 Å². The first-order valence-corrected chi connectivity index (χ1v) is 12.1. The van der Waals surface area contributed by atoms with Crippen molar-refractivity contribution in [1.82, 2.24) is 9.88 Å². The Labute approximate surface area is 199 Å². The fourth-order valence-electron chi connectivity index (χ4n) is 5.34. The predicted molar refractivity (Wildman–Crippen MR) is 129 cm³/mol. The molecule has 0 unspecified atom stereocenters. The van der Waals surface area contributed by atoms with Crippen molar-refractivity contribution in [3.8, 4) is 0 Å². The molecular weight excluding hydrogens is 431 g/mol. The van der Waals surface area contributed by atoms with E-state index in [1.807, 2.05) is 23.4 Å². The molecule has 3 aromatic rings. The molecule has 5 rings (SSSR count). The van der Waals surface area contributed by atoms with Gasteiger partial charge in [-0.2, -0.15) is 0 Å². The zero-order valence-corrected chi connectivity index (χ0v) is 19.4. The minimum atomic E-state index is -0.514. The number of fused-ring (bicyclic) bond motifs is 1. The van der Waals surface area contributed by atoms with Crippen molar-refractivity contribution in [2.75, 3.05) is 39.5 Å². The lowest BCUT2D eigenvalue weighted by Crippen LogP contribution is -2.50. The summed E-state index contributed by atoms with van der Waals surface area (Å²) in [5.41, 5.74) is 1.71. The molecule has 178 valence electrons. The van der Waals surface area contributed by atoms with E-state index in [9.17, 15) is 9.18 Å². The van der Waals surface area contributed by atoms with E-state index in [0.717, 1.165) is 17.4 Å². The molecule has 3 heterocycles. The Balaban J connectivity index is 1.33. The van der Waals surface area contributed by atoms with Crippen molar-refractivity contribution < 1.29 is 18.7 Å². The van der Waals surface area contributed by atoms with Gasteiger partial charge < -0.3 is 14.4 Å². The van der Waals surface area contributed by atoms with Gasteiger partial charge in [0, 0.05) is 50.0 Å². The molecule has 1 amide bonds. The van der Waals surface area contributed by atoms with E-state index < -0.39 is 5.41 Å². The molecule has 1 aromatic heterocycles. The number of hydrogen-bond donors (Lipinski definition) is 0. The van der Waals surface area contributed by atoms with Gasteiger partial charge in [-0.15, -0.1) is 0 Å². The summed E-state index contributed by atoms with van der Waals surface area (Å²) in [7, 11) is 0. The van der Waals surface area contributed by atoms with Gasteiger partial charge in [0.1, 0.15) is 5.82 Å². The van der Waals surface area contributed by atoms with Crippen LogP contribution in [0.2, 0.25) is 0 Å². The summed E-state index contributed by atoms with van der Waals surface area (Å²) in [5.74, 6) is 0.148. The minimum Gasteiger partial charge on any atom is -0.381 e. The maximum Gasteiger partial charge on any atom is 0.229 e. The first kappa shape index (κ1) is 22.9. The van der Waals surface area contributed by atoms with E-state index >= 15 is 0 Å². The Bertz CT molecular complexity index is 1130. The number of hydrogen-bond acceptors (Lipinski definition) is 4. The highest BCUT2D eigenvalue weighted by atomic mass is 19.1. The van der Waals surface area contributed by atoms with Gasteiger partial charge >= 0.3 is 0 Å². The lowest BCUT2D eigenvalue weighted by molar-refractivity contribution is -0.148. The van der Waals surface area contributed by atoms with Gasteiger partial charge in [-0.3, -0.25) is 9.78 Å². The zero-order valence-electron chi connectivity index (χ0n) is 19.4. The summed E-state index contributed by atoms with van der Waals surface area (Å²) in [4.78, 5) is 20.3. The SMILES string of the molecule is O=C(N1CCOC[C@@H](Cc2ccc3ccncc3c2)C1)C1(Cc2ccc(F)cc2)CCOCC1. The monoisotopic (exact) mass is 462 g/mol. The van der Waals surface area contributed by atoms with Gasteiger partial charge in [-0.05, 0) is 66.5 Å². The van der Waals surface area contributed by atoms with Crippen LogP contribution in [0.5, 0.6) is 0 Å². The van der Waals surface area contributed by atoms with Crippen LogP contribution in [0.4, 0.5) is 4.39 Å². The maximum atomic E-state index is 14.0. The van der Waals surface area contributed by atoms with E-state index in [0.29, 0.717) is 58.8 Å². The summed E-state index contributed by atoms with van der Waals surface area (Å²) in [5, 5.41) is 2.30. The van der Waals surface area contributed by atoms with Crippen molar-refractivity contribution in [2.45, 2.75) is 25.7 Å². The summed E-state index contributed by atoms with van der Waals surface area (Å²) in [6, 6.07) is 15.0. The quantitative estimate of drug-likeness (QED) is 0.563. The molecule has 0 spiro atoms. The number of halogens is 1. The normalized spacial score (nSPS) is 20.7. The molecule has 1 atom stereocenters. The number of carbonyl (C=O) groups excluding carboxylic acids is 1. The molecule has 34 heavy (non-hydrogen) atoms. The largest absolute Gasteiger partial charge is 0.381 e. The second-order valence-electron chi connectivity index (χ2n) is 9.65. The number of carbonyl (C=O) groups is 1. The third kappa shape index (κ3) is 5.13. The molecule has 0 radical (unpaired) electrons. The molecule has 0 bridgehead atoms. The number of benzene rings is 2. The van der Waals surface area contributed by atoms with Crippen molar-refractivity contribution in [3.63, 3.8) is 0 Å². The van der Waals surface area contributed by atoms with Gasteiger partial charge in [-0.1, -0.05) is 24.3 Å². The molecule has 6 heteroatoms. The second kappa shape index (κ2) is 10.2. The van der Waals surface area contributed by atoms with E-state index in [4.69, 9.17) is 9.47 Å². The standard InChI is InChI=1S/C28H31FN2O3/c29-26-5-2-21(3-6-26)17-28(8-12-33-13-9-28)27(32)31-11-14-34-20-23(19-31)15-22-1-4-24-7-10-30-18-25(24)16-22/h1-7,10,16,18,23H,8-9,11-15,17,19-20H2/t23-/m0/s1. The summed E-state index contributed by atoms with van der Waals surface area (Å²) < 4.78 is 25.0. The Morgan fingerprint density at radius 2 is 1.79 bits per heavy atom. The Morgan fingerprint density at radius 3 is 2.62 bits per heavy atom. The topological polar surface area (TPSA) is 51.7 Å². The summed E-state index contributed by atoms with van der Waals surface area (Å²) >= 11 is 0. The average Bonchev–Trinajstić information content (AvgIpc) is 3.11. The molecule has 2 aliphatic heterocycles. The van der Waals surface area contributed by atoms with Crippen LogP contribution >= 0.6 is 0 Å². The van der Waals surface area contributed by atoms with Crippen LogP contribution in [-0.4, -0.2) is 55.3 Å². The second-order valence-corrected chi connectivity index (χ2v) is 9.65. The highest BCUT2D eigenvalue weighted by molar-refractivity contribution is 5.83. The minimum absolute atomic E-state index is 0.179. The molecule has 5 nitrogen and oxygen atoms in total. The molecular formula is C28H31FN2O3. The fraction of sp³-hybridized carbons (Fsp3) is 0.429. The van der Waals surface area contributed by atoms with E-state index in [1.54, 1.807) is 12.1 Å².